The molecule has 15 heavy (non-hydrogen) atoms. The fourth-order valence-corrected chi connectivity index (χ4v) is 1.67. The van der Waals surface area contributed by atoms with Gasteiger partial charge in [-0.3, -0.25) is 5.92 Å². The molecule has 1 fully saturated rings. The van der Waals surface area contributed by atoms with E-state index in [1.54, 1.807) is 0 Å². The molecule has 0 amide bonds. The Bertz CT molecular complexity index is 124. The molecule has 0 aromatic heterocycles. The molecule has 92 valence electrons. The molecule has 3 heteroatoms. The van der Waals surface area contributed by atoms with Gasteiger partial charge in [-0.25, -0.2) is 0 Å². The van der Waals surface area contributed by atoms with Crippen LogP contribution in [0.25, 0.3) is 11.5 Å². The number of nitrogens with one attached hydrogen (secondary N) is 2. The molecule has 2 nitrogen and oxygen atoms in total. The van der Waals surface area contributed by atoms with Crippen LogP contribution in [0, 0.1) is 11.8 Å². The van der Waals surface area contributed by atoms with E-state index in [1.807, 2.05) is 0 Å². The van der Waals surface area contributed by atoms with Crippen molar-refractivity contribution in [1.82, 2.24) is 0 Å². The molecule has 2 N–H and O–H groups in total. The summed E-state index contributed by atoms with van der Waals surface area (Å²) in [7, 11) is 0. The second kappa shape index (κ2) is 9.69. The Kier molecular flexibility index (Phi) is 11.5. The van der Waals surface area contributed by atoms with Gasteiger partial charge in [0.05, 0.1) is 19.8 Å². The molecule has 0 spiro atoms. The van der Waals surface area contributed by atoms with Gasteiger partial charge < -0.3 is 11.5 Å². The first-order valence-corrected chi connectivity index (χ1v) is 5.43. The quantitative estimate of drug-likeness (QED) is 0.617. The first kappa shape index (κ1) is 17.9. The molecule has 0 aromatic carbocycles. The second-order valence-electron chi connectivity index (χ2n) is 4.73. The average Bonchev–Trinajstić information content (AvgIpc) is 2.34. The predicted molar refractivity (Wildman–Crippen MR) is 63.9 cm³/mol. The van der Waals surface area contributed by atoms with Crippen LogP contribution in [0.5, 0.6) is 0 Å². The van der Waals surface area contributed by atoms with Crippen LogP contribution in [0.15, 0.2) is 0 Å². The molecular weight excluding hydrogens is 367 g/mol. The van der Waals surface area contributed by atoms with Crippen LogP contribution in [-0.2, 0) is 21.1 Å². The van der Waals surface area contributed by atoms with Gasteiger partial charge in [0.15, 0.2) is 0 Å². The van der Waals surface area contributed by atoms with E-state index >= 15 is 0 Å². The van der Waals surface area contributed by atoms with Crippen molar-refractivity contribution in [3.05, 3.63) is 23.3 Å². The third-order valence-electron chi connectivity index (χ3n) is 2.22. The second-order valence-corrected chi connectivity index (χ2v) is 4.73. The molecule has 0 aromatic rings. The summed E-state index contributed by atoms with van der Waals surface area (Å²) in [6.07, 6.45) is 4.20. The molecular formula is C12H24N2Pt. The van der Waals surface area contributed by atoms with Gasteiger partial charge in [-0.2, -0.15) is 25.9 Å². The van der Waals surface area contributed by atoms with E-state index < -0.39 is 0 Å². The van der Waals surface area contributed by atoms with Gasteiger partial charge in [0, 0.05) is 0 Å². The molecule has 0 radical (unpaired) electrons. The third kappa shape index (κ3) is 10.8. The molecule has 1 rings (SSSR count). The van der Waals surface area contributed by atoms with E-state index in [1.165, 1.54) is 18.3 Å². The van der Waals surface area contributed by atoms with Crippen LogP contribution < -0.4 is 0 Å². The maximum Gasteiger partial charge on any atom is 2.00 e. The fourth-order valence-electron chi connectivity index (χ4n) is 1.67. The fraction of sp³-hybridized carbons (Fsp3) is 0.833. The van der Waals surface area contributed by atoms with E-state index in [0.717, 1.165) is 19.3 Å². The molecule has 1 aliphatic rings. The molecule has 0 bridgehead atoms. The first-order chi connectivity index (χ1) is 6.43. The smallest absolute Gasteiger partial charge is 0.676 e. The number of hydrogen-bond acceptors (Lipinski definition) is 0. The van der Waals surface area contributed by atoms with Crippen LogP contribution in [-0.4, -0.2) is 12.1 Å². The van der Waals surface area contributed by atoms with Gasteiger partial charge in [0.1, 0.15) is 0 Å². The molecule has 1 aliphatic carbocycles. The van der Waals surface area contributed by atoms with Crippen molar-refractivity contribution in [1.29, 1.82) is 0 Å². The van der Waals surface area contributed by atoms with Crippen molar-refractivity contribution in [2.45, 2.75) is 65.5 Å². The minimum absolute atomic E-state index is 0. The van der Waals surface area contributed by atoms with E-state index in [4.69, 9.17) is 11.5 Å². The summed E-state index contributed by atoms with van der Waals surface area (Å²) in [5.74, 6) is 3.00. The average molecular weight is 391 g/mol. The topological polar surface area (TPSA) is 47.6 Å². The van der Waals surface area contributed by atoms with Crippen LogP contribution >= 0.6 is 0 Å². The standard InChI is InChI=1S/C7H14.C5H10N2.Pt/c1-6(2)5-7(3)4;6-4-2-1-3-5(4)7;/h5H2,1-4H3;4-7H,1-3H2;/q;-2;+2. The summed E-state index contributed by atoms with van der Waals surface area (Å²) in [6, 6.07) is -0.139. The van der Waals surface area contributed by atoms with Crippen molar-refractivity contribution < 1.29 is 21.1 Å². The zero-order valence-electron chi connectivity index (χ0n) is 10.3. The summed E-state index contributed by atoms with van der Waals surface area (Å²) in [5, 5.41) is 0. The summed E-state index contributed by atoms with van der Waals surface area (Å²) in [6.45, 7) is 8.64. The summed E-state index contributed by atoms with van der Waals surface area (Å²) in [4.78, 5) is 0. The van der Waals surface area contributed by atoms with Crippen LogP contribution in [0.4, 0.5) is 0 Å². The molecule has 1 saturated carbocycles. The third-order valence-corrected chi connectivity index (χ3v) is 2.22. The summed E-state index contributed by atoms with van der Waals surface area (Å²) >= 11 is 0. The van der Waals surface area contributed by atoms with Gasteiger partial charge in [-0.1, -0.05) is 19.3 Å². The van der Waals surface area contributed by atoms with Crippen LogP contribution in [0.3, 0.4) is 0 Å². The van der Waals surface area contributed by atoms with E-state index in [9.17, 15) is 0 Å². The Morgan fingerprint density at radius 1 is 1.13 bits per heavy atom. The first-order valence-electron chi connectivity index (χ1n) is 5.43. The van der Waals surface area contributed by atoms with Gasteiger partial charge in [-0.05, 0) is 6.42 Å². The Morgan fingerprint density at radius 2 is 1.53 bits per heavy atom. The van der Waals surface area contributed by atoms with Crippen molar-refractivity contribution in [3.63, 3.8) is 0 Å². The number of rotatable bonds is 2. The van der Waals surface area contributed by atoms with Gasteiger partial charge in [-0.15, -0.1) is 0 Å². The number of hydrogen-bond donors (Lipinski definition) is 0. The molecule has 2 atom stereocenters. The zero-order valence-corrected chi connectivity index (χ0v) is 12.6. The normalized spacial score (nSPS) is 24.2. The van der Waals surface area contributed by atoms with Crippen molar-refractivity contribution >= 4 is 0 Å². The Labute approximate surface area is 110 Å². The van der Waals surface area contributed by atoms with Crippen LogP contribution in [0.1, 0.15) is 53.4 Å². The minimum atomic E-state index is -0.0694. The molecule has 0 aliphatic heterocycles. The van der Waals surface area contributed by atoms with E-state index in [0.29, 0.717) is 0 Å². The maximum absolute atomic E-state index is 7.15. The van der Waals surface area contributed by atoms with Gasteiger partial charge >= 0.3 is 21.1 Å². The minimum Gasteiger partial charge on any atom is -0.676 e. The van der Waals surface area contributed by atoms with Crippen molar-refractivity contribution in [3.8, 4) is 0 Å². The van der Waals surface area contributed by atoms with Gasteiger partial charge in [0.2, 0.25) is 0 Å². The van der Waals surface area contributed by atoms with E-state index in [2.05, 4.69) is 27.7 Å². The molecule has 0 heterocycles. The van der Waals surface area contributed by atoms with Gasteiger partial charge in [0.25, 0.3) is 0 Å². The monoisotopic (exact) mass is 391 g/mol. The van der Waals surface area contributed by atoms with Crippen molar-refractivity contribution in [2.75, 3.05) is 0 Å². The Morgan fingerprint density at radius 3 is 1.60 bits per heavy atom. The molecule has 0 saturated heterocycles. The Hall–Kier alpha value is 0.478. The molecule has 2 unspecified atom stereocenters. The zero-order chi connectivity index (χ0) is 11.1. The Balaban J connectivity index is 0. The SMILES string of the molecule is C[C+](C)C[C-](C)C.[NH-]C1CCCC1[NH-].[Pt+2]. The van der Waals surface area contributed by atoms with Crippen molar-refractivity contribution in [2.24, 2.45) is 0 Å². The van der Waals surface area contributed by atoms with Crippen LogP contribution in [0.2, 0.25) is 0 Å². The summed E-state index contributed by atoms with van der Waals surface area (Å²) < 4.78 is 0. The maximum atomic E-state index is 7.15. The predicted octanol–water partition coefficient (Wildman–Crippen LogP) is 4.61. The summed E-state index contributed by atoms with van der Waals surface area (Å²) in [5.41, 5.74) is 14.3. The largest absolute Gasteiger partial charge is 2.00 e. The van der Waals surface area contributed by atoms with E-state index in [-0.39, 0.29) is 33.1 Å².